The summed E-state index contributed by atoms with van der Waals surface area (Å²) in [5, 5.41) is 0.465. The van der Waals surface area contributed by atoms with E-state index in [1.54, 1.807) is 12.1 Å². The Morgan fingerprint density at radius 3 is 2.39 bits per heavy atom. The van der Waals surface area contributed by atoms with Crippen molar-refractivity contribution in [1.82, 2.24) is 0 Å². The molecule has 94 valence electrons. The molecule has 0 aliphatic heterocycles. The maximum Gasteiger partial charge on any atom is 0.511 e. The van der Waals surface area contributed by atoms with E-state index in [9.17, 15) is 17.7 Å². The van der Waals surface area contributed by atoms with Crippen LogP contribution in [0.2, 0.25) is 0 Å². The van der Waals surface area contributed by atoms with Gasteiger partial charge in [0.05, 0.1) is 7.11 Å². The van der Waals surface area contributed by atoms with Crippen LogP contribution in [0.15, 0.2) is 36.4 Å². The number of fused-ring (bicyclic) bond motifs is 1. The first-order chi connectivity index (χ1) is 8.45. The van der Waals surface area contributed by atoms with Crippen LogP contribution in [0.3, 0.4) is 0 Å². The minimum atomic E-state index is -5.29. The van der Waals surface area contributed by atoms with Gasteiger partial charge in [0.2, 0.25) is 0 Å². The van der Waals surface area contributed by atoms with E-state index in [1.807, 2.05) is 0 Å². The van der Waals surface area contributed by atoms with Gasteiger partial charge in [-0.3, -0.25) is 0 Å². The normalized spacial score (nSPS) is 11.6. The molecule has 0 N–H and O–H groups in total. The van der Waals surface area contributed by atoms with Crippen LogP contribution in [0.25, 0.3) is 10.8 Å². The summed E-state index contributed by atoms with van der Waals surface area (Å²) in [7, 11) is 1.06. The molecule has 0 spiro atoms. The molecule has 2 aromatic carbocycles. The van der Waals surface area contributed by atoms with E-state index in [2.05, 4.69) is 4.74 Å². The highest BCUT2D eigenvalue weighted by Gasteiger charge is 2.32. The number of carbonyl (C=O) groups excluding carboxylic acids is 1. The number of rotatable bonds is 2. The molecule has 0 radical (unpaired) electrons. The quantitative estimate of drug-likeness (QED) is 0.607. The molecule has 6 heteroatoms. The average molecular weight is 253 g/mol. The molecular formula is C12H9BF3O2-. The zero-order valence-corrected chi connectivity index (χ0v) is 9.49. The first-order valence-electron chi connectivity index (χ1n) is 5.25. The third kappa shape index (κ3) is 2.06. The lowest BCUT2D eigenvalue weighted by molar-refractivity contribution is 0.0601. The molecule has 0 saturated heterocycles. The van der Waals surface area contributed by atoms with Gasteiger partial charge in [-0.2, -0.15) is 0 Å². The van der Waals surface area contributed by atoms with Crippen LogP contribution in [0.5, 0.6) is 0 Å². The minimum Gasteiger partial charge on any atom is -0.465 e. The van der Waals surface area contributed by atoms with Crippen LogP contribution in [0.4, 0.5) is 12.9 Å². The highest BCUT2D eigenvalue weighted by Crippen LogP contribution is 2.21. The van der Waals surface area contributed by atoms with E-state index in [4.69, 9.17) is 0 Å². The molecule has 0 aliphatic carbocycles. The highest BCUT2D eigenvalue weighted by molar-refractivity contribution is 6.77. The molecule has 2 rings (SSSR count). The fourth-order valence-corrected chi connectivity index (χ4v) is 1.94. The molecule has 0 saturated carbocycles. The van der Waals surface area contributed by atoms with E-state index >= 15 is 0 Å². The van der Waals surface area contributed by atoms with Crippen LogP contribution in [0.1, 0.15) is 10.4 Å². The van der Waals surface area contributed by atoms with Crippen molar-refractivity contribution in [1.29, 1.82) is 0 Å². The Labute approximate surface area is 101 Å². The Morgan fingerprint density at radius 2 is 1.78 bits per heavy atom. The summed E-state index contributed by atoms with van der Waals surface area (Å²) in [4.78, 5) is 11.4. The van der Waals surface area contributed by atoms with Crippen molar-refractivity contribution in [3.8, 4) is 0 Å². The second-order valence-electron chi connectivity index (χ2n) is 3.81. The molecule has 0 aromatic heterocycles. The Bertz CT molecular complexity index is 608. The van der Waals surface area contributed by atoms with E-state index in [-0.39, 0.29) is 5.39 Å². The van der Waals surface area contributed by atoms with Gasteiger partial charge in [0.25, 0.3) is 0 Å². The number of carbonyl (C=O) groups is 1. The maximum absolute atomic E-state index is 13.1. The smallest absolute Gasteiger partial charge is 0.465 e. The molecule has 2 nitrogen and oxygen atoms in total. The minimum absolute atomic E-state index is 0.0212. The summed E-state index contributed by atoms with van der Waals surface area (Å²) in [5.74, 6) is -0.977. The van der Waals surface area contributed by atoms with Crippen molar-refractivity contribution >= 4 is 29.2 Å². The Kier molecular flexibility index (Phi) is 3.03. The number of esters is 1. The predicted octanol–water partition coefficient (Wildman–Crippen LogP) is 2.68. The second-order valence-corrected chi connectivity index (χ2v) is 3.81. The Balaban J connectivity index is 2.84. The zero-order valence-electron chi connectivity index (χ0n) is 9.49. The van der Waals surface area contributed by atoms with Gasteiger partial charge in [0.15, 0.2) is 0 Å². The number of ether oxygens (including phenoxy) is 1. The Morgan fingerprint density at radius 1 is 1.11 bits per heavy atom. The van der Waals surface area contributed by atoms with Crippen LogP contribution >= 0.6 is 0 Å². The van der Waals surface area contributed by atoms with Gasteiger partial charge >= 0.3 is 12.9 Å². The molecule has 0 heterocycles. The van der Waals surface area contributed by atoms with Crippen molar-refractivity contribution in [3.05, 3.63) is 42.0 Å². The number of methoxy groups -OCH3 is 1. The lowest BCUT2D eigenvalue weighted by Crippen LogP contribution is -2.39. The average Bonchev–Trinajstić information content (AvgIpc) is 2.35. The van der Waals surface area contributed by atoms with Crippen molar-refractivity contribution in [3.63, 3.8) is 0 Å². The van der Waals surface area contributed by atoms with Gasteiger partial charge in [-0.15, -0.1) is 0 Å². The third-order valence-corrected chi connectivity index (χ3v) is 2.70. The molecule has 0 fully saturated rings. The van der Waals surface area contributed by atoms with Crippen molar-refractivity contribution < 1.29 is 22.5 Å². The maximum atomic E-state index is 13.1. The van der Waals surface area contributed by atoms with E-state index in [0.29, 0.717) is 5.39 Å². The standard InChI is InChI=1S/C12H9BF3O2/c1-18-12(17)10-7-6-8-4-2-3-5-9(8)11(10)13(14,15)16/h2-7H,1H3/q-1. The molecule has 0 atom stereocenters. The molecule has 0 amide bonds. The van der Waals surface area contributed by atoms with Gasteiger partial charge in [0, 0.05) is 5.56 Å². The topological polar surface area (TPSA) is 26.3 Å². The van der Waals surface area contributed by atoms with Crippen LogP contribution in [0, 0.1) is 0 Å². The summed E-state index contributed by atoms with van der Waals surface area (Å²) in [6.45, 7) is -5.29. The molecule has 2 aromatic rings. The molecule has 18 heavy (non-hydrogen) atoms. The summed E-state index contributed by atoms with van der Waals surface area (Å²) < 4.78 is 43.8. The number of halogens is 3. The van der Waals surface area contributed by atoms with E-state index in [0.717, 1.165) is 13.2 Å². The Hall–Kier alpha value is -1.98. The van der Waals surface area contributed by atoms with Crippen LogP contribution in [-0.2, 0) is 4.74 Å². The predicted molar refractivity (Wildman–Crippen MR) is 64.0 cm³/mol. The summed E-state index contributed by atoms with van der Waals surface area (Å²) in [6.07, 6.45) is 0. The lowest BCUT2D eigenvalue weighted by atomic mass is 9.73. The zero-order chi connectivity index (χ0) is 13.3. The van der Waals surface area contributed by atoms with E-state index < -0.39 is 24.0 Å². The monoisotopic (exact) mass is 253 g/mol. The summed E-state index contributed by atoms with van der Waals surface area (Å²) in [6, 6.07) is 8.71. The van der Waals surface area contributed by atoms with Gasteiger partial charge in [-0.05, 0) is 16.8 Å². The summed E-state index contributed by atoms with van der Waals surface area (Å²) in [5.41, 5.74) is -1.33. The van der Waals surface area contributed by atoms with E-state index in [1.165, 1.54) is 18.2 Å². The van der Waals surface area contributed by atoms with Gasteiger partial charge in [0.1, 0.15) is 0 Å². The first-order valence-corrected chi connectivity index (χ1v) is 5.25. The molecule has 0 bridgehead atoms. The molecular weight excluding hydrogens is 244 g/mol. The van der Waals surface area contributed by atoms with Gasteiger partial charge in [-0.25, -0.2) is 4.79 Å². The number of hydrogen-bond donors (Lipinski definition) is 0. The van der Waals surface area contributed by atoms with Crippen LogP contribution in [-0.4, -0.2) is 20.1 Å². The molecule has 0 unspecified atom stereocenters. The third-order valence-electron chi connectivity index (χ3n) is 2.70. The largest absolute Gasteiger partial charge is 0.511 e. The van der Waals surface area contributed by atoms with Crippen LogP contribution < -0.4 is 5.46 Å². The first kappa shape index (κ1) is 12.5. The fraction of sp³-hybridized carbons (Fsp3) is 0.0833. The SMILES string of the molecule is COC(=O)c1ccc2ccccc2c1[B-](F)(F)F. The number of benzene rings is 2. The second kappa shape index (κ2) is 4.36. The number of hydrogen-bond acceptors (Lipinski definition) is 2. The lowest BCUT2D eigenvalue weighted by Gasteiger charge is -2.21. The molecule has 0 aliphatic rings. The fourth-order valence-electron chi connectivity index (χ4n) is 1.94. The summed E-state index contributed by atoms with van der Waals surface area (Å²) >= 11 is 0. The van der Waals surface area contributed by atoms with Crippen molar-refractivity contribution in [2.75, 3.05) is 7.11 Å². The van der Waals surface area contributed by atoms with Gasteiger partial charge in [-0.1, -0.05) is 35.8 Å². The van der Waals surface area contributed by atoms with Crippen molar-refractivity contribution in [2.45, 2.75) is 0 Å². The highest BCUT2D eigenvalue weighted by atomic mass is 19.4. The van der Waals surface area contributed by atoms with Crippen molar-refractivity contribution in [2.24, 2.45) is 0 Å². The van der Waals surface area contributed by atoms with Gasteiger partial charge < -0.3 is 17.7 Å².